The number of rotatable bonds is 3. The molecule has 5 heteroatoms. The maximum atomic E-state index is 12.8. The lowest BCUT2D eigenvalue weighted by atomic mass is 10.0. The van der Waals surface area contributed by atoms with Gasteiger partial charge in [0.05, 0.1) is 0 Å². The molecule has 0 unspecified atom stereocenters. The Morgan fingerprint density at radius 1 is 1.25 bits per heavy atom. The molecule has 1 aromatic rings. The van der Waals surface area contributed by atoms with E-state index in [1.54, 1.807) is 0 Å². The summed E-state index contributed by atoms with van der Waals surface area (Å²) in [5.74, 6) is 0. The van der Waals surface area contributed by atoms with Crippen LogP contribution in [-0.4, -0.2) is 35.8 Å². The summed E-state index contributed by atoms with van der Waals surface area (Å²) in [7, 11) is 0. The van der Waals surface area contributed by atoms with Crippen LogP contribution in [0, 0.1) is 13.8 Å². The van der Waals surface area contributed by atoms with Crippen LogP contribution in [0.4, 0.5) is 4.79 Å². The van der Waals surface area contributed by atoms with Crippen molar-refractivity contribution in [2.45, 2.75) is 65.6 Å². The van der Waals surface area contributed by atoms with Crippen molar-refractivity contribution in [1.29, 1.82) is 0 Å². The molecule has 4 nitrogen and oxygen atoms in total. The van der Waals surface area contributed by atoms with Crippen LogP contribution in [0.1, 0.15) is 50.3 Å². The van der Waals surface area contributed by atoms with E-state index in [9.17, 15) is 4.79 Å². The molecule has 2 rings (SSSR count). The van der Waals surface area contributed by atoms with E-state index in [2.05, 4.69) is 41.9 Å². The van der Waals surface area contributed by atoms with Crippen LogP contribution < -0.4 is 0 Å². The summed E-state index contributed by atoms with van der Waals surface area (Å²) in [5.41, 5.74) is 3.06. The molecule has 0 bridgehead atoms. The van der Waals surface area contributed by atoms with E-state index in [1.165, 1.54) is 16.7 Å². The maximum absolute atomic E-state index is 12.8. The second-order valence-corrected chi connectivity index (χ2v) is 8.39. The summed E-state index contributed by atoms with van der Waals surface area (Å²) in [6, 6.07) is 4.36. The van der Waals surface area contributed by atoms with Crippen LogP contribution in [0.15, 0.2) is 16.6 Å². The van der Waals surface area contributed by atoms with E-state index in [0.717, 1.165) is 17.3 Å². The highest BCUT2D eigenvalue weighted by Gasteiger charge is 2.30. The van der Waals surface area contributed by atoms with Crippen molar-refractivity contribution in [2.24, 2.45) is 0 Å². The van der Waals surface area contributed by atoms with Gasteiger partial charge < -0.3 is 14.4 Å². The minimum absolute atomic E-state index is 0.163. The smallest absolute Gasteiger partial charge is 0.410 e. The molecule has 0 aromatic heterocycles. The van der Waals surface area contributed by atoms with Crippen LogP contribution in [0.3, 0.4) is 0 Å². The van der Waals surface area contributed by atoms with Gasteiger partial charge in [0.15, 0.2) is 0 Å². The van der Waals surface area contributed by atoms with Gasteiger partial charge in [-0.05, 0) is 76.3 Å². The van der Waals surface area contributed by atoms with Gasteiger partial charge in [0.2, 0.25) is 0 Å². The first kappa shape index (κ1) is 19.3. The van der Waals surface area contributed by atoms with E-state index in [1.807, 2.05) is 25.7 Å². The van der Waals surface area contributed by atoms with Crippen LogP contribution >= 0.6 is 15.9 Å². The van der Waals surface area contributed by atoms with E-state index >= 15 is 0 Å². The molecule has 1 fully saturated rings. The number of carbonyl (C=O) groups is 1. The zero-order valence-corrected chi connectivity index (χ0v) is 16.9. The van der Waals surface area contributed by atoms with Crippen LogP contribution in [0.5, 0.6) is 0 Å². The van der Waals surface area contributed by atoms with Crippen molar-refractivity contribution in [3.05, 3.63) is 33.3 Å². The van der Waals surface area contributed by atoms with E-state index in [4.69, 9.17) is 9.47 Å². The van der Waals surface area contributed by atoms with Gasteiger partial charge in [0, 0.05) is 30.3 Å². The monoisotopic (exact) mass is 397 g/mol. The highest BCUT2D eigenvalue weighted by molar-refractivity contribution is 9.10. The van der Waals surface area contributed by atoms with Crippen molar-refractivity contribution in [3.8, 4) is 0 Å². The van der Waals surface area contributed by atoms with Gasteiger partial charge in [-0.15, -0.1) is 0 Å². The number of amides is 1. The fourth-order valence-electron chi connectivity index (χ4n) is 3.02. The number of hydrogen-bond acceptors (Lipinski definition) is 3. The summed E-state index contributed by atoms with van der Waals surface area (Å²) >= 11 is 3.54. The number of aryl methyl sites for hydroxylation is 2. The van der Waals surface area contributed by atoms with Crippen molar-refractivity contribution in [3.63, 3.8) is 0 Å². The topological polar surface area (TPSA) is 38.8 Å². The number of hydrogen-bond donors (Lipinski definition) is 0. The standard InChI is InChI=1S/C19H28BrNO3/c1-13-10-15(20)11-14(2)17(13)12-21(16-6-8-23-9-7-16)18(22)24-19(3,4)5/h10-11,16H,6-9,12H2,1-5H3. The van der Waals surface area contributed by atoms with Gasteiger partial charge in [-0.1, -0.05) is 15.9 Å². The average molecular weight is 398 g/mol. The van der Waals surface area contributed by atoms with Gasteiger partial charge in [0.25, 0.3) is 0 Å². The van der Waals surface area contributed by atoms with Crippen LogP contribution in [-0.2, 0) is 16.0 Å². The molecule has 134 valence electrons. The molecule has 0 aliphatic carbocycles. The molecule has 1 aliphatic rings. The number of benzene rings is 1. The zero-order valence-electron chi connectivity index (χ0n) is 15.3. The van der Waals surface area contributed by atoms with E-state index in [0.29, 0.717) is 19.8 Å². The number of ether oxygens (including phenoxy) is 2. The van der Waals surface area contributed by atoms with Gasteiger partial charge in [0.1, 0.15) is 5.60 Å². The van der Waals surface area contributed by atoms with Crippen molar-refractivity contribution >= 4 is 22.0 Å². The van der Waals surface area contributed by atoms with Crippen molar-refractivity contribution < 1.29 is 14.3 Å². The molecule has 1 aliphatic heterocycles. The summed E-state index contributed by atoms with van der Waals surface area (Å²) in [4.78, 5) is 14.7. The highest BCUT2D eigenvalue weighted by atomic mass is 79.9. The molecule has 1 saturated heterocycles. The minimum Gasteiger partial charge on any atom is -0.444 e. The summed E-state index contributed by atoms with van der Waals surface area (Å²) in [6.45, 7) is 11.9. The molecule has 0 N–H and O–H groups in total. The molecular weight excluding hydrogens is 370 g/mol. The first-order chi connectivity index (χ1) is 11.2. The Morgan fingerprint density at radius 3 is 2.29 bits per heavy atom. The molecule has 0 atom stereocenters. The summed E-state index contributed by atoms with van der Waals surface area (Å²) in [5, 5.41) is 0. The summed E-state index contributed by atoms with van der Waals surface area (Å²) < 4.78 is 12.2. The van der Waals surface area contributed by atoms with Gasteiger partial charge in [-0.25, -0.2) is 4.79 Å². The van der Waals surface area contributed by atoms with Crippen molar-refractivity contribution in [1.82, 2.24) is 4.90 Å². The Labute approximate surface area is 153 Å². The lowest BCUT2D eigenvalue weighted by molar-refractivity contribution is -0.00815. The Kier molecular flexibility index (Phi) is 6.32. The molecule has 1 aromatic carbocycles. The Balaban J connectivity index is 2.27. The molecule has 1 amide bonds. The summed E-state index contributed by atoms with van der Waals surface area (Å²) in [6.07, 6.45) is 1.47. The Bertz CT molecular complexity index is 566. The number of carbonyl (C=O) groups excluding carboxylic acids is 1. The van der Waals surface area contributed by atoms with Gasteiger partial charge in [-0.2, -0.15) is 0 Å². The predicted molar refractivity (Wildman–Crippen MR) is 99.2 cm³/mol. The largest absolute Gasteiger partial charge is 0.444 e. The molecule has 0 saturated carbocycles. The third-order valence-electron chi connectivity index (χ3n) is 4.25. The third kappa shape index (κ3) is 5.21. The molecule has 24 heavy (non-hydrogen) atoms. The normalized spacial score (nSPS) is 16.1. The lowest BCUT2D eigenvalue weighted by Gasteiger charge is -2.36. The van der Waals surface area contributed by atoms with E-state index < -0.39 is 5.60 Å². The molecular formula is C19H28BrNO3. The second-order valence-electron chi connectivity index (χ2n) is 7.47. The third-order valence-corrected chi connectivity index (χ3v) is 4.71. The minimum atomic E-state index is -0.496. The van der Waals surface area contributed by atoms with Crippen molar-refractivity contribution in [2.75, 3.05) is 13.2 Å². The average Bonchev–Trinajstić information content (AvgIpc) is 2.45. The zero-order chi connectivity index (χ0) is 17.9. The Morgan fingerprint density at radius 2 is 1.79 bits per heavy atom. The van der Waals surface area contributed by atoms with E-state index in [-0.39, 0.29) is 12.1 Å². The maximum Gasteiger partial charge on any atom is 0.410 e. The quantitative estimate of drug-likeness (QED) is 0.721. The number of halogens is 1. The Hall–Kier alpha value is -1.07. The fourth-order valence-corrected chi connectivity index (χ4v) is 3.71. The molecule has 0 spiro atoms. The molecule has 0 radical (unpaired) electrons. The highest BCUT2D eigenvalue weighted by Crippen LogP contribution is 2.26. The predicted octanol–water partition coefficient (Wildman–Crippen LogP) is 4.98. The van der Waals surface area contributed by atoms with Gasteiger partial charge >= 0.3 is 6.09 Å². The SMILES string of the molecule is Cc1cc(Br)cc(C)c1CN(C(=O)OC(C)(C)C)C1CCOCC1. The van der Waals surface area contributed by atoms with Gasteiger partial charge in [-0.3, -0.25) is 0 Å². The van der Waals surface area contributed by atoms with Crippen LogP contribution in [0.2, 0.25) is 0 Å². The first-order valence-electron chi connectivity index (χ1n) is 8.50. The lowest BCUT2D eigenvalue weighted by Crippen LogP contribution is -2.45. The van der Waals surface area contributed by atoms with Crippen LogP contribution in [0.25, 0.3) is 0 Å². The second kappa shape index (κ2) is 7.87. The fraction of sp³-hybridized carbons (Fsp3) is 0.632. The number of nitrogens with zero attached hydrogens (tertiary/aromatic N) is 1. The first-order valence-corrected chi connectivity index (χ1v) is 9.29. The molecule has 1 heterocycles.